The number of nitrogens with zero attached hydrogens (tertiary/aromatic N) is 7. The second-order valence-electron chi connectivity index (χ2n) is 12.6. The van der Waals surface area contributed by atoms with Gasteiger partial charge in [0.15, 0.2) is 0 Å². The number of aliphatic hydroxyl groups is 1. The molecular formula is C36H40F2N8O5. The summed E-state index contributed by atoms with van der Waals surface area (Å²) in [5, 5.41) is 21.6. The molecule has 3 heterocycles. The molecule has 2 N–H and O–H groups in total. The number of anilines is 2. The molecule has 0 unspecified atom stereocenters. The van der Waals surface area contributed by atoms with Gasteiger partial charge in [-0.15, -0.1) is 0 Å². The van der Waals surface area contributed by atoms with Crippen LogP contribution in [0.1, 0.15) is 38.3 Å². The molecule has 268 valence electrons. The highest BCUT2D eigenvalue weighted by atomic mass is 19.1. The average molecular weight is 703 g/mol. The number of ether oxygens (including phenoxy) is 2. The molecule has 1 amide bonds. The van der Waals surface area contributed by atoms with Crippen molar-refractivity contribution < 1.29 is 28.2 Å². The molecule has 1 aliphatic heterocycles. The molecule has 2 aromatic heterocycles. The van der Waals surface area contributed by atoms with E-state index >= 15 is 0 Å². The van der Waals surface area contributed by atoms with Crippen molar-refractivity contribution in [1.29, 1.82) is 0 Å². The number of aromatic nitrogens is 6. The summed E-state index contributed by atoms with van der Waals surface area (Å²) in [7, 11) is 0. The van der Waals surface area contributed by atoms with E-state index in [1.54, 1.807) is 52.9 Å². The first-order chi connectivity index (χ1) is 24.7. The molecule has 4 atom stereocenters. The van der Waals surface area contributed by atoms with Gasteiger partial charge in [-0.1, -0.05) is 13.0 Å². The molecule has 13 nitrogen and oxygen atoms in total. The SMILES string of the molecule is CC[C@@H]([C@H](C)O)n1ncn(-c2ccc(NCCN(C=O)c3ccc(OC[C@@H]4CO[C@@](Cn5cncn5)(c5ccc(F)cc5F)C4)cc3)cc2)c1=O. The maximum atomic E-state index is 14.9. The third kappa shape index (κ3) is 7.99. The molecule has 0 aliphatic carbocycles. The number of aliphatic hydroxyl groups excluding tert-OH is 1. The lowest BCUT2D eigenvalue weighted by Gasteiger charge is -2.29. The summed E-state index contributed by atoms with van der Waals surface area (Å²) in [5.74, 6) is -0.821. The Morgan fingerprint density at radius 3 is 2.57 bits per heavy atom. The van der Waals surface area contributed by atoms with Gasteiger partial charge in [0.25, 0.3) is 0 Å². The first-order valence-electron chi connectivity index (χ1n) is 16.7. The van der Waals surface area contributed by atoms with Crippen molar-refractivity contribution in [3.8, 4) is 11.4 Å². The minimum absolute atomic E-state index is 0.0774. The Morgan fingerprint density at radius 1 is 1.12 bits per heavy atom. The monoisotopic (exact) mass is 702 g/mol. The van der Waals surface area contributed by atoms with Crippen LogP contribution in [0.4, 0.5) is 20.2 Å². The molecule has 0 radical (unpaired) electrons. The van der Waals surface area contributed by atoms with Crippen molar-refractivity contribution in [3.05, 3.63) is 113 Å². The predicted octanol–water partition coefficient (Wildman–Crippen LogP) is 4.32. The Morgan fingerprint density at radius 2 is 1.90 bits per heavy atom. The first-order valence-corrected chi connectivity index (χ1v) is 16.7. The number of halogens is 2. The van der Waals surface area contributed by atoms with Gasteiger partial charge in [0.05, 0.1) is 37.6 Å². The molecule has 51 heavy (non-hydrogen) atoms. The van der Waals surface area contributed by atoms with E-state index < -0.39 is 29.4 Å². The van der Waals surface area contributed by atoms with Gasteiger partial charge in [0.1, 0.15) is 42.0 Å². The van der Waals surface area contributed by atoms with Gasteiger partial charge in [-0.05, 0) is 74.4 Å². The number of hydrogen-bond donors (Lipinski definition) is 2. The predicted molar refractivity (Wildman–Crippen MR) is 185 cm³/mol. The molecule has 6 rings (SSSR count). The minimum atomic E-state index is -1.06. The Balaban J connectivity index is 1.01. The van der Waals surface area contributed by atoms with Crippen LogP contribution < -0.4 is 20.6 Å². The van der Waals surface area contributed by atoms with Crippen LogP contribution in [-0.2, 0) is 21.7 Å². The van der Waals surface area contributed by atoms with E-state index in [9.17, 15) is 23.5 Å². The van der Waals surface area contributed by atoms with Crippen LogP contribution in [0.15, 0.2) is 90.5 Å². The number of amides is 1. The van der Waals surface area contributed by atoms with E-state index in [2.05, 4.69) is 20.5 Å². The van der Waals surface area contributed by atoms with E-state index in [0.29, 0.717) is 56.3 Å². The van der Waals surface area contributed by atoms with E-state index in [4.69, 9.17) is 9.47 Å². The summed E-state index contributed by atoms with van der Waals surface area (Å²) in [4.78, 5) is 30.4. The van der Waals surface area contributed by atoms with E-state index in [0.717, 1.165) is 18.2 Å². The number of carbonyl (C=O) groups excluding carboxylic acids is 1. The second-order valence-corrected chi connectivity index (χ2v) is 12.6. The number of nitrogens with one attached hydrogen (secondary N) is 1. The van der Waals surface area contributed by atoms with Crippen LogP contribution in [0.3, 0.4) is 0 Å². The molecule has 3 aromatic carbocycles. The Bertz CT molecular complexity index is 1950. The van der Waals surface area contributed by atoms with Crippen LogP contribution >= 0.6 is 0 Å². The fourth-order valence-corrected chi connectivity index (χ4v) is 6.48. The third-order valence-electron chi connectivity index (χ3n) is 9.11. The summed E-state index contributed by atoms with van der Waals surface area (Å²) < 4.78 is 45.2. The Labute approximate surface area is 293 Å². The van der Waals surface area contributed by atoms with Gasteiger partial charge in [-0.2, -0.15) is 10.2 Å². The van der Waals surface area contributed by atoms with Crippen LogP contribution in [0, 0.1) is 17.6 Å². The van der Waals surface area contributed by atoms with Gasteiger partial charge < -0.3 is 24.8 Å². The smallest absolute Gasteiger partial charge is 0.350 e. The maximum Gasteiger partial charge on any atom is 0.350 e. The summed E-state index contributed by atoms with van der Waals surface area (Å²) in [5.41, 5.74) is 1.01. The van der Waals surface area contributed by atoms with E-state index in [-0.39, 0.29) is 23.7 Å². The van der Waals surface area contributed by atoms with Crippen LogP contribution in [0.2, 0.25) is 0 Å². The summed E-state index contributed by atoms with van der Waals surface area (Å²) in [6.45, 7) is 5.21. The second kappa shape index (κ2) is 15.6. The lowest BCUT2D eigenvalue weighted by atomic mass is 9.87. The fraction of sp³-hybridized carbons (Fsp3) is 0.361. The quantitative estimate of drug-likeness (QED) is 0.144. The highest BCUT2D eigenvalue weighted by molar-refractivity contribution is 5.75. The Kier molecular flexibility index (Phi) is 10.9. The zero-order chi connectivity index (χ0) is 36.0. The molecule has 1 fully saturated rings. The first kappa shape index (κ1) is 35.4. The molecule has 0 bridgehead atoms. The minimum Gasteiger partial charge on any atom is -0.493 e. The number of rotatable bonds is 16. The summed E-state index contributed by atoms with van der Waals surface area (Å²) >= 11 is 0. The molecule has 15 heteroatoms. The van der Waals surface area contributed by atoms with Gasteiger partial charge in [-0.3, -0.25) is 4.79 Å². The standard InChI is InChI=1S/C36H40F2N8O5/c1-3-34(25(2)48)46-35(49)45(23-42-46)30-7-5-28(6-8-30)40-14-15-43(24-47)29-9-11-31(12-10-29)50-18-26-17-36(51-19-26,20-44-22-39-21-41-44)32-13-4-27(37)16-33(32)38/h4-13,16,21-26,34,40,48H,3,14-15,17-20H2,1-2H3/t25-,26+,34-,36-/m0/s1. The van der Waals surface area contributed by atoms with Gasteiger partial charge >= 0.3 is 5.69 Å². The zero-order valence-corrected chi connectivity index (χ0v) is 28.3. The lowest BCUT2D eigenvalue weighted by Crippen LogP contribution is -2.32. The number of carbonyl (C=O) groups is 1. The lowest BCUT2D eigenvalue weighted by molar-refractivity contribution is -0.107. The van der Waals surface area contributed by atoms with Crippen LogP contribution in [-0.4, -0.2) is 73.0 Å². The van der Waals surface area contributed by atoms with Gasteiger partial charge in [-0.25, -0.2) is 32.5 Å². The van der Waals surface area contributed by atoms with E-state index in [1.165, 1.54) is 40.4 Å². The maximum absolute atomic E-state index is 14.9. The highest BCUT2D eigenvalue weighted by Gasteiger charge is 2.44. The molecule has 1 saturated heterocycles. The number of hydrogen-bond acceptors (Lipinski definition) is 9. The van der Waals surface area contributed by atoms with Crippen LogP contribution in [0.25, 0.3) is 5.69 Å². The zero-order valence-electron chi connectivity index (χ0n) is 28.3. The highest BCUT2D eigenvalue weighted by Crippen LogP contribution is 2.42. The molecular weight excluding hydrogens is 662 g/mol. The van der Waals surface area contributed by atoms with Crippen molar-refractivity contribution in [3.63, 3.8) is 0 Å². The molecule has 0 spiro atoms. The molecule has 5 aromatic rings. The third-order valence-corrected chi connectivity index (χ3v) is 9.11. The van der Waals surface area contributed by atoms with Crippen molar-refractivity contribution in [2.75, 3.05) is 36.5 Å². The van der Waals surface area contributed by atoms with Gasteiger partial charge in [0.2, 0.25) is 6.41 Å². The van der Waals surface area contributed by atoms with Crippen molar-refractivity contribution >= 4 is 17.8 Å². The molecule has 1 aliphatic rings. The molecule has 0 saturated carbocycles. The summed E-state index contributed by atoms with van der Waals surface area (Å²) in [6, 6.07) is 17.5. The normalized spacial score (nSPS) is 18.3. The number of benzene rings is 3. The van der Waals surface area contributed by atoms with Crippen molar-refractivity contribution in [2.24, 2.45) is 5.92 Å². The topological polar surface area (TPSA) is 142 Å². The largest absolute Gasteiger partial charge is 0.493 e. The van der Waals surface area contributed by atoms with E-state index in [1.807, 2.05) is 19.1 Å². The fourth-order valence-electron chi connectivity index (χ4n) is 6.48. The van der Waals surface area contributed by atoms with Crippen molar-refractivity contribution in [2.45, 2.75) is 51.0 Å². The summed E-state index contributed by atoms with van der Waals surface area (Å²) in [6.07, 6.45) is 5.42. The Hall–Kier alpha value is -5.41. The van der Waals surface area contributed by atoms with Crippen molar-refractivity contribution in [1.82, 2.24) is 29.1 Å². The average Bonchev–Trinajstić information content (AvgIpc) is 3.88. The van der Waals surface area contributed by atoms with Crippen LogP contribution in [0.5, 0.6) is 5.75 Å². The van der Waals surface area contributed by atoms with Gasteiger partial charge in [0, 0.05) is 42.0 Å².